The lowest BCUT2D eigenvalue weighted by atomic mass is 9.78. The summed E-state index contributed by atoms with van der Waals surface area (Å²) in [6, 6.07) is 65.6. The van der Waals surface area contributed by atoms with Crippen LogP contribution < -0.4 is 40.2 Å². The summed E-state index contributed by atoms with van der Waals surface area (Å²) >= 11 is 0. The number of rotatable bonds is 10. The Morgan fingerprint density at radius 3 is 1.91 bits per heavy atom. The predicted molar refractivity (Wildman–Crippen MR) is 330 cm³/mol. The molecule has 6 heteroatoms. The van der Waals surface area contributed by atoms with Gasteiger partial charge in [-0.05, 0) is 131 Å². The van der Waals surface area contributed by atoms with E-state index in [1.807, 2.05) is 42.6 Å². The number of benzene rings is 9. The number of fused-ring (bicyclic) bond motifs is 6. The molecule has 0 N–H and O–H groups in total. The summed E-state index contributed by atoms with van der Waals surface area (Å²) in [5.41, 5.74) is 14.1. The maximum atomic E-state index is 9.33. The van der Waals surface area contributed by atoms with Crippen LogP contribution in [0.5, 0.6) is 11.5 Å². The normalized spacial score (nSPS) is 16.2. The molecule has 3 aliphatic rings. The van der Waals surface area contributed by atoms with Gasteiger partial charge in [-0.15, -0.1) is 0 Å². The predicted octanol–water partition coefficient (Wildman–Crippen LogP) is 16.4. The van der Waals surface area contributed by atoms with Crippen molar-refractivity contribution in [2.75, 3.05) is 21.4 Å². The van der Waals surface area contributed by atoms with Crippen molar-refractivity contribution < 1.29 is 11.6 Å². The van der Waals surface area contributed by atoms with Crippen LogP contribution in [-0.2, 0) is 17.3 Å². The van der Waals surface area contributed by atoms with E-state index in [0.29, 0.717) is 29.6 Å². The molecule has 1 unspecified atom stereocenters. The van der Waals surface area contributed by atoms with Crippen LogP contribution in [0.2, 0.25) is 0 Å². The van der Waals surface area contributed by atoms with Crippen molar-refractivity contribution in [2.24, 2.45) is 5.92 Å². The van der Waals surface area contributed by atoms with Crippen LogP contribution in [0.25, 0.3) is 33.4 Å². The summed E-state index contributed by atoms with van der Waals surface area (Å²) in [5.74, 6) is 2.70. The Hall–Kier alpha value is -8.45. The van der Waals surface area contributed by atoms with Gasteiger partial charge in [-0.1, -0.05) is 213 Å². The molecule has 0 spiro atoms. The third-order valence-electron chi connectivity index (χ3n) is 15.9. The Morgan fingerprint density at radius 2 is 1.17 bits per heavy atom. The fourth-order valence-corrected chi connectivity index (χ4v) is 17.9. The lowest BCUT2D eigenvalue weighted by molar-refractivity contribution is 0.483. The van der Waals surface area contributed by atoms with Gasteiger partial charge in [0.25, 0.3) is 0 Å². The third-order valence-corrected chi connectivity index (χ3v) is 20.9. The minimum atomic E-state index is -2.90. The number of aromatic nitrogens is 1. The zero-order valence-electron chi connectivity index (χ0n) is 50.7. The summed E-state index contributed by atoms with van der Waals surface area (Å²) in [4.78, 5) is 12.0. The second-order valence-corrected chi connectivity index (χ2v) is 27.2. The molecule has 0 fully saturated rings. The molecule has 0 saturated carbocycles. The van der Waals surface area contributed by atoms with Crippen molar-refractivity contribution in [1.29, 1.82) is 0 Å². The van der Waals surface area contributed by atoms with Crippen LogP contribution in [0, 0.1) is 5.92 Å². The summed E-state index contributed by atoms with van der Waals surface area (Å²) in [5, 5.41) is 5.38. The molecule has 4 heterocycles. The molecule has 10 aromatic rings. The number of ether oxygens (including phenoxy) is 1. The maximum absolute atomic E-state index is 9.33. The average Bonchev–Trinajstić information content (AvgIpc) is 3.37. The van der Waals surface area contributed by atoms with E-state index in [1.54, 1.807) is 0 Å². The van der Waals surface area contributed by atoms with Gasteiger partial charge in [-0.3, -0.25) is 4.90 Å². The van der Waals surface area contributed by atoms with Crippen LogP contribution in [-0.4, -0.2) is 19.7 Å². The number of anilines is 7. The molecule has 1 aromatic heterocycles. The highest BCUT2D eigenvalue weighted by molar-refractivity contribution is 7.23. The Labute approximate surface area is 469 Å². The zero-order valence-corrected chi connectivity index (χ0v) is 46.7. The molecule has 3 aliphatic heterocycles. The highest BCUT2D eigenvalue weighted by Gasteiger charge is 2.55. The van der Waals surface area contributed by atoms with Gasteiger partial charge in [0.05, 0.1) is 29.6 Å². The molecule has 9 aromatic carbocycles. The van der Waals surface area contributed by atoms with E-state index >= 15 is 0 Å². The van der Waals surface area contributed by atoms with Gasteiger partial charge in [0.15, 0.2) is 8.07 Å². The summed E-state index contributed by atoms with van der Waals surface area (Å²) in [7, 11) is -2.90. The molecular weight excluding hydrogens is 965 g/mol. The van der Waals surface area contributed by atoms with Gasteiger partial charge >= 0.3 is 0 Å². The van der Waals surface area contributed by atoms with Gasteiger partial charge in [0.2, 0.25) is 0 Å². The molecule has 13 rings (SSSR count). The lowest BCUT2D eigenvalue weighted by Crippen LogP contribution is -2.75. The van der Waals surface area contributed by atoms with Gasteiger partial charge in [0.1, 0.15) is 24.0 Å². The number of hydrogen-bond donors (Lipinski definition) is 0. The van der Waals surface area contributed by atoms with Crippen LogP contribution in [0.4, 0.5) is 39.9 Å². The van der Waals surface area contributed by atoms with E-state index in [9.17, 15) is 2.74 Å². The Balaban J connectivity index is 0.946. The number of nitrogens with zero attached hydrogens (tertiary/aromatic N) is 4. The molecule has 0 bridgehead atoms. The highest BCUT2D eigenvalue weighted by atomic mass is 28.3. The Kier molecular flexibility index (Phi) is 10.6. The van der Waals surface area contributed by atoms with Crippen molar-refractivity contribution in [2.45, 2.75) is 72.6 Å². The minimum absolute atomic E-state index is 0.156. The molecule has 1 atom stereocenters. The quantitative estimate of drug-likeness (QED) is 0.127. The van der Waals surface area contributed by atoms with Crippen LogP contribution in [0.3, 0.4) is 0 Å². The standard InChI is InChI=1S/C72H66N4OSi/c1-48(2)40-49-38-39-73-68(41-49)76-64-34-21-31-61-60-28-15-18-35-66(60)78(70(61)64,57-26-13-10-14-27-57)67-37-36-56(46-65(67)76)77-55-25-19-24-54(45-55)74-47-75(63-33-17-16-32-62(63)74)69-58(50-22-11-9-12-23-50)29-20-30-59(69)51-42-52(71(3,4)5)44-53(43-51)72(6,7)8/h9-39,41-46,48H,40,47H2,1-8H3/i9D,11D,12D,22D,23D. The maximum Gasteiger partial charge on any atom is 0.185 e. The molecule has 0 amide bonds. The summed E-state index contributed by atoms with van der Waals surface area (Å²) in [6.45, 7) is 18.2. The van der Waals surface area contributed by atoms with E-state index in [4.69, 9.17) is 13.8 Å². The van der Waals surface area contributed by atoms with Gasteiger partial charge in [-0.25, -0.2) is 4.98 Å². The van der Waals surface area contributed by atoms with Gasteiger partial charge in [0, 0.05) is 40.8 Å². The fraction of sp³-hybridized carbons (Fsp3) is 0.181. The van der Waals surface area contributed by atoms with Crippen LogP contribution in [0.1, 0.15) is 78.9 Å². The van der Waals surface area contributed by atoms with E-state index in [0.717, 1.165) is 57.5 Å². The van der Waals surface area contributed by atoms with Crippen molar-refractivity contribution >= 4 is 68.8 Å². The largest absolute Gasteiger partial charge is 0.457 e. The van der Waals surface area contributed by atoms with E-state index in [2.05, 4.69) is 222 Å². The van der Waals surface area contributed by atoms with Gasteiger partial charge < -0.3 is 14.5 Å². The van der Waals surface area contributed by atoms with Crippen molar-refractivity contribution in [3.8, 4) is 44.9 Å². The monoisotopic (exact) mass is 1040 g/mol. The topological polar surface area (TPSA) is 31.8 Å². The Bertz CT molecular complexity index is 4190. The fourth-order valence-electron chi connectivity index (χ4n) is 12.4. The van der Waals surface area contributed by atoms with Crippen molar-refractivity contribution in [1.82, 2.24) is 4.98 Å². The van der Waals surface area contributed by atoms with Crippen LogP contribution in [0.15, 0.2) is 224 Å². The Morgan fingerprint density at radius 1 is 0.538 bits per heavy atom. The lowest BCUT2D eigenvalue weighted by Gasteiger charge is -2.43. The molecule has 384 valence electrons. The SMILES string of the molecule is [2H]c1c([2H])c([2H])c(-c2cccc(-c3cc(C(C)(C)C)cc(C(C)(C)C)c3)c2N2CN(c3cccc(Oc4ccc5c(c4)N(c4cc(CC(C)C)ccn4)c4cccc6c4[Si]5(c4ccccc4)c4ccccc4-6)c3)c3ccccc32)c([2H])c1[2H]. The van der Waals surface area contributed by atoms with E-state index < -0.39 is 14.1 Å². The first-order chi connectivity index (χ1) is 39.8. The smallest absolute Gasteiger partial charge is 0.185 e. The zero-order chi connectivity index (χ0) is 57.9. The molecule has 0 radical (unpaired) electrons. The highest BCUT2D eigenvalue weighted by Crippen LogP contribution is 2.52. The van der Waals surface area contributed by atoms with Crippen molar-refractivity contribution in [3.05, 3.63) is 241 Å². The molecule has 5 nitrogen and oxygen atoms in total. The van der Waals surface area contributed by atoms with E-state index in [-0.39, 0.29) is 40.6 Å². The van der Waals surface area contributed by atoms with Crippen molar-refractivity contribution in [3.63, 3.8) is 0 Å². The second-order valence-electron chi connectivity index (χ2n) is 23.6. The number of para-hydroxylation sites is 3. The first kappa shape index (κ1) is 43.6. The minimum Gasteiger partial charge on any atom is -0.457 e. The first-order valence-electron chi connectivity index (χ1n) is 29.8. The molecule has 0 aliphatic carbocycles. The van der Waals surface area contributed by atoms with Crippen LogP contribution >= 0.6 is 0 Å². The molecular formula is C72H66N4OSi. The molecule has 0 saturated heterocycles. The second kappa shape index (κ2) is 18.9. The third kappa shape index (κ3) is 8.24. The molecule has 78 heavy (non-hydrogen) atoms. The first-order valence-corrected chi connectivity index (χ1v) is 29.3. The summed E-state index contributed by atoms with van der Waals surface area (Å²) in [6.07, 6.45) is 2.89. The van der Waals surface area contributed by atoms with Gasteiger partial charge in [-0.2, -0.15) is 0 Å². The average molecular weight is 1040 g/mol. The number of pyridine rings is 1. The summed E-state index contributed by atoms with van der Waals surface area (Å²) < 4.78 is 52.0. The number of hydrogen-bond acceptors (Lipinski definition) is 5. The van der Waals surface area contributed by atoms with E-state index in [1.165, 1.54) is 48.6 Å².